The first-order valence-corrected chi connectivity index (χ1v) is 14.9. The lowest BCUT2D eigenvalue weighted by atomic mass is 9.80. The molecule has 4 aliphatic rings. The molecule has 2 atom stereocenters. The van der Waals surface area contributed by atoms with Gasteiger partial charge >= 0.3 is 6.18 Å². The van der Waals surface area contributed by atoms with Crippen LogP contribution in [-0.2, 0) is 31.1 Å². The summed E-state index contributed by atoms with van der Waals surface area (Å²) in [6, 6.07) is 6.97. The molecule has 0 radical (unpaired) electrons. The van der Waals surface area contributed by atoms with Crippen LogP contribution < -0.4 is 10.2 Å². The third-order valence-electron chi connectivity index (χ3n) is 9.54. The van der Waals surface area contributed by atoms with Crippen molar-refractivity contribution in [3.8, 4) is 0 Å². The molecular formula is C31H35F3N6O2. The number of benzene rings is 1. The van der Waals surface area contributed by atoms with E-state index in [1.165, 1.54) is 17.4 Å². The molecule has 1 unspecified atom stereocenters. The highest BCUT2D eigenvalue weighted by Crippen LogP contribution is 2.45. The molecule has 0 spiro atoms. The summed E-state index contributed by atoms with van der Waals surface area (Å²) in [6.07, 6.45) is 2.55. The number of nitrogens with zero attached hydrogens (tertiary/aromatic N) is 5. The standard InChI is InChI=1S/C31H35F3N6O2/c1-17(19-4-3-5-19)35-12-18-8-23-24(25(9-18)31(32,33)34)13-40(30(23)41)27-11-21(10-26(37-27)20-6-7-20)28(22-14-42-15-22)29-38-36-16-39(29)2/h8-11,16-17,19-20,22,28,35H,3-7,12-15H2,1-2H3/t17-,28?/m0/s1. The number of amides is 1. The van der Waals surface area contributed by atoms with Crippen LogP contribution in [0.4, 0.5) is 19.0 Å². The Morgan fingerprint density at radius 2 is 1.88 bits per heavy atom. The van der Waals surface area contributed by atoms with E-state index in [4.69, 9.17) is 9.72 Å². The van der Waals surface area contributed by atoms with Gasteiger partial charge in [0.15, 0.2) is 0 Å². The number of fused-ring (bicyclic) bond motifs is 1. The monoisotopic (exact) mass is 580 g/mol. The van der Waals surface area contributed by atoms with Gasteiger partial charge < -0.3 is 14.6 Å². The average Bonchev–Trinajstić information content (AvgIpc) is 3.58. The Bertz CT molecular complexity index is 1510. The van der Waals surface area contributed by atoms with Crippen molar-refractivity contribution in [2.45, 2.75) is 76.2 Å². The molecule has 1 saturated heterocycles. The molecule has 4 heterocycles. The lowest BCUT2D eigenvalue weighted by Crippen LogP contribution is -2.36. The van der Waals surface area contributed by atoms with E-state index in [9.17, 15) is 18.0 Å². The number of rotatable bonds is 9. The summed E-state index contributed by atoms with van der Waals surface area (Å²) in [5, 5.41) is 11.9. The fourth-order valence-corrected chi connectivity index (χ4v) is 6.51. The van der Waals surface area contributed by atoms with Gasteiger partial charge in [0.05, 0.1) is 31.2 Å². The molecular weight excluding hydrogens is 545 g/mol. The van der Waals surface area contributed by atoms with E-state index in [0.717, 1.165) is 42.8 Å². The molecule has 3 fully saturated rings. The minimum absolute atomic E-state index is 0.0145. The minimum atomic E-state index is -4.58. The Labute approximate surface area is 242 Å². The van der Waals surface area contributed by atoms with Gasteiger partial charge in [0.2, 0.25) is 0 Å². The van der Waals surface area contributed by atoms with E-state index in [-0.39, 0.29) is 48.0 Å². The fourth-order valence-electron chi connectivity index (χ4n) is 6.51. The molecule has 8 nitrogen and oxygen atoms in total. The summed E-state index contributed by atoms with van der Waals surface area (Å²) in [4.78, 5) is 20.1. The Balaban J connectivity index is 1.24. The van der Waals surface area contributed by atoms with Crippen LogP contribution in [0.15, 0.2) is 30.6 Å². The zero-order valence-electron chi connectivity index (χ0n) is 23.8. The minimum Gasteiger partial charge on any atom is -0.381 e. The van der Waals surface area contributed by atoms with E-state index in [2.05, 4.69) is 28.5 Å². The number of aryl methyl sites for hydroxylation is 1. The fraction of sp³-hybridized carbons (Fsp3) is 0.548. The summed E-state index contributed by atoms with van der Waals surface area (Å²) >= 11 is 0. The third kappa shape index (κ3) is 5.00. The highest BCUT2D eigenvalue weighted by molar-refractivity contribution is 6.10. The number of halogens is 3. The molecule has 2 aromatic heterocycles. The number of nitrogens with one attached hydrogen (secondary N) is 1. The van der Waals surface area contributed by atoms with Crippen molar-refractivity contribution in [3.63, 3.8) is 0 Å². The van der Waals surface area contributed by atoms with Crippen molar-refractivity contribution in [1.82, 2.24) is 25.1 Å². The molecule has 2 saturated carbocycles. The van der Waals surface area contributed by atoms with Crippen molar-refractivity contribution in [1.29, 1.82) is 0 Å². The predicted molar refractivity (Wildman–Crippen MR) is 149 cm³/mol. The number of carbonyl (C=O) groups excluding carboxylic acids is 1. The number of ether oxygens (including phenoxy) is 1. The second-order valence-electron chi connectivity index (χ2n) is 12.5. The van der Waals surface area contributed by atoms with Crippen molar-refractivity contribution in [2.24, 2.45) is 18.9 Å². The van der Waals surface area contributed by atoms with E-state index in [1.807, 2.05) is 17.7 Å². The quantitative estimate of drug-likeness (QED) is 0.369. The first-order chi connectivity index (χ1) is 20.2. The van der Waals surface area contributed by atoms with Crippen molar-refractivity contribution in [3.05, 3.63) is 69.9 Å². The maximum Gasteiger partial charge on any atom is 0.416 e. The molecule has 1 aromatic carbocycles. The van der Waals surface area contributed by atoms with Crippen LogP contribution in [-0.4, -0.2) is 44.9 Å². The van der Waals surface area contributed by atoms with Gasteiger partial charge in [-0.15, -0.1) is 10.2 Å². The van der Waals surface area contributed by atoms with Gasteiger partial charge in [-0.25, -0.2) is 4.98 Å². The van der Waals surface area contributed by atoms with Gasteiger partial charge in [-0.3, -0.25) is 9.69 Å². The van der Waals surface area contributed by atoms with Crippen LogP contribution >= 0.6 is 0 Å². The Morgan fingerprint density at radius 1 is 1.10 bits per heavy atom. The van der Waals surface area contributed by atoms with Crippen molar-refractivity contribution >= 4 is 11.7 Å². The smallest absolute Gasteiger partial charge is 0.381 e. The van der Waals surface area contributed by atoms with E-state index in [0.29, 0.717) is 30.5 Å². The first-order valence-electron chi connectivity index (χ1n) is 14.9. The molecule has 2 aliphatic heterocycles. The van der Waals surface area contributed by atoms with Crippen LogP contribution in [0.3, 0.4) is 0 Å². The number of anilines is 1. The summed E-state index contributed by atoms with van der Waals surface area (Å²) in [5.74, 6) is 1.60. The number of carbonyl (C=O) groups is 1. The Hall–Kier alpha value is -3.31. The van der Waals surface area contributed by atoms with Gasteiger partial charge in [-0.1, -0.05) is 6.42 Å². The highest BCUT2D eigenvalue weighted by atomic mass is 19.4. The zero-order chi connectivity index (χ0) is 29.2. The van der Waals surface area contributed by atoms with Gasteiger partial charge in [0.25, 0.3) is 5.91 Å². The normalized spacial score (nSPS) is 20.8. The lowest BCUT2D eigenvalue weighted by Gasteiger charge is -2.34. The molecule has 7 rings (SSSR count). The summed E-state index contributed by atoms with van der Waals surface area (Å²) in [7, 11) is 1.89. The van der Waals surface area contributed by atoms with Gasteiger partial charge in [-0.2, -0.15) is 13.2 Å². The lowest BCUT2D eigenvalue weighted by molar-refractivity contribution is -0.138. The molecule has 222 valence electrons. The van der Waals surface area contributed by atoms with Gasteiger partial charge in [0, 0.05) is 42.7 Å². The van der Waals surface area contributed by atoms with Gasteiger partial charge in [-0.05, 0) is 79.5 Å². The molecule has 42 heavy (non-hydrogen) atoms. The maximum absolute atomic E-state index is 14.4. The average molecular weight is 581 g/mol. The highest BCUT2D eigenvalue weighted by Gasteiger charge is 2.42. The summed E-state index contributed by atoms with van der Waals surface area (Å²) < 4.78 is 50.5. The van der Waals surface area contributed by atoms with Crippen LogP contribution in [0.2, 0.25) is 0 Å². The molecule has 3 aromatic rings. The first kappa shape index (κ1) is 27.5. The van der Waals surface area contributed by atoms with Crippen LogP contribution in [0.5, 0.6) is 0 Å². The topological polar surface area (TPSA) is 85.2 Å². The van der Waals surface area contributed by atoms with Gasteiger partial charge in [0.1, 0.15) is 18.0 Å². The second kappa shape index (κ2) is 10.4. The number of aromatic nitrogens is 4. The third-order valence-corrected chi connectivity index (χ3v) is 9.54. The van der Waals surface area contributed by atoms with E-state index < -0.39 is 17.6 Å². The number of hydrogen-bond acceptors (Lipinski definition) is 6. The largest absolute Gasteiger partial charge is 0.416 e. The molecule has 0 bridgehead atoms. The maximum atomic E-state index is 14.4. The van der Waals surface area contributed by atoms with Crippen LogP contribution in [0, 0.1) is 11.8 Å². The van der Waals surface area contributed by atoms with Crippen LogP contribution in [0.25, 0.3) is 0 Å². The van der Waals surface area contributed by atoms with Crippen molar-refractivity contribution < 1.29 is 22.7 Å². The molecule has 1 amide bonds. The van der Waals surface area contributed by atoms with E-state index >= 15 is 0 Å². The van der Waals surface area contributed by atoms with Crippen LogP contribution in [0.1, 0.15) is 95.0 Å². The van der Waals surface area contributed by atoms with Crippen molar-refractivity contribution in [2.75, 3.05) is 18.1 Å². The molecule has 11 heteroatoms. The second-order valence-corrected chi connectivity index (χ2v) is 12.5. The molecule has 2 aliphatic carbocycles. The Morgan fingerprint density at radius 3 is 2.48 bits per heavy atom. The van der Waals surface area contributed by atoms with E-state index in [1.54, 1.807) is 12.4 Å². The summed E-state index contributed by atoms with van der Waals surface area (Å²) in [6.45, 7) is 3.34. The Kier molecular flexibility index (Phi) is 6.84. The number of alkyl halides is 3. The zero-order valence-corrected chi connectivity index (χ0v) is 23.8. The molecule has 1 N–H and O–H groups in total. The number of pyridine rings is 1. The number of hydrogen-bond donors (Lipinski definition) is 1. The summed E-state index contributed by atoms with van der Waals surface area (Å²) in [5.41, 5.74) is 1.64. The predicted octanol–water partition coefficient (Wildman–Crippen LogP) is 5.32. The SMILES string of the molecule is C[C@H](NCc1cc2c(c(C(F)(F)F)c1)CN(c1cc(C(c3nncn3C)C3COC3)cc(C3CC3)n1)C2=O)C1CCC1.